The van der Waals surface area contributed by atoms with Crippen molar-refractivity contribution in [3.05, 3.63) is 29.6 Å². The molecule has 16 heavy (non-hydrogen) atoms. The number of piperidine rings is 1. The van der Waals surface area contributed by atoms with Gasteiger partial charge in [-0.25, -0.2) is 4.39 Å². The van der Waals surface area contributed by atoms with E-state index in [1.807, 2.05) is 6.07 Å². The Balaban J connectivity index is 2.26. The molecule has 1 saturated heterocycles. The summed E-state index contributed by atoms with van der Waals surface area (Å²) < 4.78 is 13.3. The van der Waals surface area contributed by atoms with Crippen molar-refractivity contribution in [3.8, 4) is 6.07 Å². The van der Waals surface area contributed by atoms with Crippen molar-refractivity contribution in [1.82, 2.24) is 0 Å². The zero-order valence-electron chi connectivity index (χ0n) is 9.41. The summed E-state index contributed by atoms with van der Waals surface area (Å²) in [5.74, 6) is 0.315. The van der Waals surface area contributed by atoms with Crippen LogP contribution in [0, 0.1) is 23.1 Å². The highest BCUT2D eigenvalue weighted by molar-refractivity contribution is 5.52. The summed E-state index contributed by atoms with van der Waals surface area (Å²) in [4.78, 5) is 2.16. The average molecular weight is 218 g/mol. The number of hydrogen-bond acceptors (Lipinski definition) is 2. The van der Waals surface area contributed by atoms with Crippen LogP contribution in [0.3, 0.4) is 0 Å². The molecule has 1 fully saturated rings. The van der Waals surface area contributed by atoms with E-state index in [0.717, 1.165) is 25.2 Å². The highest BCUT2D eigenvalue weighted by Crippen LogP contribution is 2.24. The molecule has 1 aromatic carbocycles. The molecule has 1 aliphatic rings. The highest BCUT2D eigenvalue weighted by Gasteiger charge is 2.17. The summed E-state index contributed by atoms with van der Waals surface area (Å²) in [6, 6.07) is 6.54. The molecular formula is C13H15FN2. The molecule has 84 valence electrons. The molecule has 0 N–H and O–H groups in total. The van der Waals surface area contributed by atoms with Crippen LogP contribution >= 0.6 is 0 Å². The van der Waals surface area contributed by atoms with Crippen LogP contribution < -0.4 is 4.90 Å². The number of hydrogen-bond donors (Lipinski definition) is 0. The number of halogens is 1. The van der Waals surface area contributed by atoms with Crippen molar-refractivity contribution in [3.63, 3.8) is 0 Å². The first-order valence-corrected chi connectivity index (χ1v) is 5.64. The second kappa shape index (κ2) is 4.52. The first kappa shape index (κ1) is 10.9. The lowest BCUT2D eigenvalue weighted by Crippen LogP contribution is -2.34. The molecule has 2 nitrogen and oxygen atoms in total. The number of rotatable bonds is 1. The number of benzene rings is 1. The van der Waals surface area contributed by atoms with Crippen LogP contribution in [0.1, 0.15) is 25.3 Å². The summed E-state index contributed by atoms with van der Waals surface area (Å²) in [5, 5.41) is 8.80. The van der Waals surface area contributed by atoms with Gasteiger partial charge in [0.05, 0.1) is 11.6 Å². The molecule has 0 amide bonds. The Hall–Kier alpha value is -1.56. The lowest BCUT2D eigenvalue weighted by atomic mass is 9.99. The Labute approximate surface area is 95.3 Å². The molecule has 2 rings (SSSR count). The van der Waals surface area contributed by atoms with Crippen LogP contribution in [-0.2, 0) is 0 Å². The van der Waals surface area contributed by atoms with E-state index >= 15 is 0 Å². The Kier molecular flexibility index (Phi) is 3.09. The summed E-state index contributed by atoms with van der Waals surface area (Å²) in [7, 11) is 0. The Morgan fingerprint density at radius 2 is 2.25 bits per heavy atom. The minimum absolute atomic E-state index is 0.327. The predicted octanol–water partition coefficient (Wildman–Crippen LogP) is 2.93. The molecule has 3 heteroatoms. The topological polar surface area (TPSA) is 27.0 Å². The minimum atomic E-state index is -0.327. The smallest absolute Gasteiger partial charge is 0.126 e. The standard InChI is InChI=1S/C13H15FN2/c1-10-3-2-4-16(9-10)13-6-11(8-15)5-12(14)7-13/h5-7,10H,2-4,9H2,1H3. The largest absolute Gasteiger partial charge is 0.371 e. The van der Waals surface area contributed by atoms with E-state index in [9.17, 15) is 4.39 Å². The van der Waals surface area contributed by atoms with Crippen LogP contribution in [0.25, 0.3) is 0 Å². The van der Waals surface area contributed by atoms with Crippen LogP contribution in [0.15, 0.2) is 18.2 Å². The van der Waals surface area contributed by atoms with Gasteiger partial charge in [0.2, 0.25) is 0 Å². The third kappa shape index (κ3) is 2.33. The normalized spacial score (nSPS) is 20.6. The highest BCUT2D eigenvalue weighted by atomic mass is 19.1. The second-order valence-corrected chi connectivity index (χ2v) is 4.50. The molecule has 1 unspecified atom stereocenters. The van der Waals surface area contributed by atoms with Gasteiger partial charge in [0.25, 0.3) is 0 Å². The van der Waals surface area contributed by atoms with Gasteiger partial charge in [-0.15, -0.1) is 0 Å². The third-order valence-corrected chi connectivity index (χ3v) is 3.03. The molecule has 0 aromatic heterocycles. The lowest BCUT2D eigenvalue weighted by molar-refractivity contribution is 0.446. The van der Waals surface area contributed by atoms with Crippen molar-refractivity contribution >= 4 is 5.69 Å². The van der Waals surface area contributed by atoms with E-state index in [0.29, 0.717) is 11.5 Å². The zero-order chi connectivity index (χ0) is 11.5. The van der Waals surface area contributed by atoms with Gasteiger partial charge in [0, 0.05) is 18.8 Å². The van der Waals surface area contributed by atoms with Gasteiger partial charge in [-0.2, -0.15) is 5.26 Å². The van der Waals surface area contributed by atoms with Crippen molar-refractivity contribution in [2.75, 3.05) is 18.0 Å². The van der Waals surface area contributed by atoms with Gasteiger partial charge < -0.3 is 4.90 Å². The molecule has 0 spiro atoms. The van der Waals surface area contributed by atoms with Gasteiger partial charge in [0.1, 0.15) is 5.82 Å². The van der Waals surface area contributed by atoms with Crippen LogP contribution in [0.2, 0.25) is 0 Å². The summed E-state index contributed by atoms with van der Waals surface area (Å²) in [6.07, 6.45) is 2.37. The first-order valence-electron chi connectivity index (χ1n) is 5.64. The Morgan fingerprint density at radius 1 is 1.44 bits per heavy atom. The number of nitriles is 1. The molecule has 1 atom stereocenters. The Bertz CT molecular complexity index is 422. The molecule has 1 aliphatic heterocycles. The van der Waals surface area contributed by atoms with E-state index < -0.39 is 0 Å². The van der Waals surface area contributed by atoms with Crippen LogP contribution in [0.5, 0.6) is 0 Å². The molecule has 0 aliphatic carbocycles. The van der Waals surface area contributed by atoms with Crippen molar-refractivity contribution < 1.29 is 4.39 Å². The first-order chi connectivity index (χ1) is 7.69. The molecule has 0 radical (unpaired) electrons. The molecule has 1 aromatic rings. The quantitative estimate of drug-likeness (QED) is 0.724. The summed E-state index contributed by atoms with van der Waals surface area (Å²) >= 11 is 0. The lowest BCUT2D eigenvalue weighted by Gasteiger charge is -2.32. The van der Waals surface area contributed by atoms with E-state index in [4.69, 9.17) is 5.26 Å². The van der Waals surface area contributed by atoms with E-state index in [2.05, 4.69) is 11.8 Å². The van der Waals surface area contributed by atoms with Gasteiger partial charge in [0.15, 0.2) is 0 Å². The van der Waals surface area contributed by atoms with Gasteiger partial charge in [-0.1, -0.05) is 6.92 Å². The third-order valence-electron chi connectivity index (χ3n) is 3.03. The molecule has 0 saturated carbocycles. The van der Waals surface area contributed by atoms with E-state index in [1.165, 1.54) is 18.6 Å². The van der Waals surface area contributed by atoms with Crippen molar-refractivity contribution in [2.45, 2.75) is 19.8 Å². The molecule has 1 heterocycles. The fourth-order valence-electron chi connectivity index (χ4n) is 2.25. The maximum absolute atomic E-state index is 13.3. The van der Waals surface area contributed by atoms with Crippen molar-refractivity contribution in [2.24, 2.45) is 5.92 Å². The van der Waals surface area contributed by atoms with Gasteiger partial charge in [-0.3, -0.25) is 0 Å². The van der Waals surface area contributed by atoms with Gasteiger partial charge in [-0.05, 0) is 37.0 Å². The maximum Gasteiger partial charge on any atom is 0.126 e. The van der Waals surface area contributed by atoms with Crippen LogP contribution in [0.4, 0.5) is 10.1 Å². The number of anilines is 1. The van der Waals surface area contributed by atoms with E-state index in [1.54, 1.807) is 6.07 Å². The fraction of sp³-hybridized carbons (Fsp3) is 0.462. The SMILES string of the molecule is CC1CCCN(c2cc(F)cc(C#N)c2)C1. The van der Waals surface area contributed by atoms with Crippen molar-refractivity contribution in [1.29, 1.82) is 5.26 Å². The van der Waals surface area contributed by atoms with E-state index in [-0.39, 0.29) is 5.82 Å². The second-order valence-electron chi connectivity index (χ2n) is 4.50. The Morgan fingerprint density at radius 3 is 2.94 bits per heavy atom. The zero-order valence-corrected chi connectivity index (χ0v) is 9.41. The predicted molar refractivity (Wildman–Crippen MR) is 61.7 cm³/mol. The maximum atomic E-state index is 13.3. The fourth-order valence-corrected chi connectivity index (χ4v) is 2.25. The molecular weight excluding hydrogens is 203 g/mol. The van der Waals surface area contributed by atoms with Gasteiger partial charge >= 0.3 is 0 Å². The summed E-state index contributed by atoms with van der Waals surface area (Å²) in [5.41, 5.74) is 1.23. The average Bonchev–Trinajstić information content (AvgIpc) is 2.28. The van der Waals surface area contributed by atoms with Crippen LogP contribution in [-0.4, -0.2) is 13.1 Å². The monoisotopic (exact) mass is 218 g/mol. The summed E-state index contributed by atoms with van der Waals surface area (Å²) in [6.45, 7) is 4.11. The number of nitrogens with zero attached hydrogens (tertiary/aromatic N) is 2. The molecule has 0 bridgehead atoms. The minimum Gasteiger partial charge on any atom is -0.371 e.